The number of nitrogens with zero attached hydrogens (tertiary/aromatic N) is 2. The lowest BCUT2D eigenvalue weighted by molar-refractivity contribution is 0.281. The summed E-state index contributed by atoms with van der Waals surface area (Å²) in [7, 11) is 0.897. The largest absolute Gasteiger partial charge is 0.302 e. The minimum absolute atomic E-state index is 0.147. The van der Waals surface area contributed by atoms with E-state index in [1.165, 1.54) is 0 Å². The molecule has 0 saturated carbocycles. The maximum absolute atomic E-state index is 12.1. The molecule has 1 aromatic carbocycles. The standard InChI is InChI=1S/C13H20N2O2S/c1-4-18(16,17)15-10-9-12(14(2)3)11-7-5-6-8-13(11)15/h5-8,12H,4,9-10H2,1-3H3. The third kappa shape index (κ3) is 2.24. The van der Waals surface area contributed by atoms with Gasteiger partial charge in [-0.05, 0) is 39.1 Å². The molecule has 0 spiro atoms. The van der Waals surface area contributed by atoms with Gasteiger partial charge in [0.2, 0.25) is 10.0 Å². The molecule has 1 unspecified atom stereocenters. The van der Waals surface area contributed by atoms with E-state index < -0.39 is 10.0 Å². The first-order valence-corrected chi connectivity index (χ1v) is 7.84. The molecule has 1 aliphatic heterocycles. The van der Waals surface area contributed by atoms with Crippen LogP contribution in [-0.4, -0.2) is 39.7 Å². The lowest BCUT2D eigenvalue weighted by Gasteiger charge is -2.37. The van der Waals surface area contributed by atoms with Gasteiger partial charge in [-0.25, -0.2) is 8.42 Å². The predicted molar refractivity (Wildman–Crippen MR) is 74.3 cm³/mol. The van der Waals surface area contributed by atoms with E-state index >= 15 is 0 Å². The first-order chi connectivity index (χ1) is 8.47. The molecule has 2 rings (SSSR count). The lowest BCUT2D eigenvalue weighted by atomic mass is 9.97. The van der Waals surface area contributed by atoms with Crippen molar-refractivity contribution in [1.29, 1.82) is 0 Å². The van der Waals surface area contributed by atoms with Gasteiger partial charge in [0.15, 0.2) is 0 Å². The van der Waals surface area contributed by atoms with E-state index in [2.05, 4.69) is 4.90 Å². The number of fused-ring (bicyclic) bond motifs is 1. The zero-order valence-corrected chi connectivity index (χ0v) is 11.9. The molecule has 1 heterocycles. The van der Waals surface area contributed by atoms with E-state index in [1.54, 1.807) is 11.2 Å². The van der Waals surface area contributed by atoms with Crippen LogP contribution < -0.4 is 4.31 Å². The van der Waals surface area contributed by atoms with Crippen molar-refractivity contribution in [2.24, 2.45) is 0 Å². The van der Waals surface area contributed by atoms with Crippen LogP contribution in [-0.2, 0) is 10.0 Å². The SMILES string of the molecule is CCS(=O)(=O)N1CCC(N(C)C)c2ccccc21. The maximum atomic E-state index is 12.1. The Morgan fingerprint density at radius 1 is 1.33 bits per heavy atom. The summed E-state index contributed by atoms with van der Waals surface area (Å²) in [5.41, 5.74) is 1.94. The Balaban J connectivity index is 2.49. The topological polar surface area (TPSA) is 40.6 Å². The summed E-state index contributed by atoms with van der Waals surface area (Å²) in [6.45, 7) is 2.26. The van der Waals surface area contributed by atoms with Crippen LogP contribution in [0.5, 0.6) is 0 Å². The molecule has 0 aliphatic carbocycles. The molecule has 5 heteroatoms. The minimum atomic E-state index is -3.17. The van der Waals surface area contributed by atoms with E-state index in [0.717, 1.165) is 17.7 Å². The molecule has 4 nitrogen and oxygen atoms in total. The molecule has 0 N–H and O–H groups in total. The molecule has 0 fully saturated rings. The summed E-state index contributed by atoms with van der Waals surface area (Å²) in [5, 5.41) is 0. The van der Waals surface area contributed by atoms with Crippen molar-refractivity contribution in [2.75, 3.05) is 30.7 Å². The van der Waals surface area contributed by atoms with Gasteiger partial charge < -0.3 is 4.90 Å². The fourth-order valence-corrected chi connectivity index (χ4v) is 3.65. The van der Waals surface area contributed by atoms with Gasteiger partial charge in [-0.3, -0.25) is 4.31 Å². The molecule has 0 bridgehead atoms. The quantitative estimate of drug-likeness (QED) is 0.840. The number of sulfonamides is 1. The monoisotopic (exact) mass is 268 g/mol. The fourth-order valence-electron chi connectivity index (χ4n) is 2.49. The second kappa shape index (κ2) is 4.90. The van der Waals surface area contributed by atoms with Crippen molar-refractivity contribution in [1.82, 2.24) is 4.90 Å². The molecule has 0 aromatic heterocycles. The van der Waals surface area contributed by atoms with Crippen molar-refractivity contribution >= 4 is 15.7 Å². The fraction of sp³-hybridized carbons (Fsp3) is 0.538. The van der Waals surface area contributed by atoms with Crippen molar-refractivity contribution in [3.8, 4) is 0 Å². The first kappa shape index (κ1) is 13.4. The zero-order chi connectivity index (χ0) is 13.3. The molecular formula is C13H20N2O2S. The molecule has 100 valence electrons. The highest BCUT2D eigenvalue weighted by molar-refractivity contribution is 7.92. The third-order valence-electron chi connectivity index (χ3n) is 3.49. The highest BCUT2D eigenvalue weighted by Gasteiger charge is 2.31. The van der Waals surface area contributed by atoms with E-state index in [0.29, 0.717) is 12.6 Å². The molecule has 1 atom stereocenters. The van der Waals surface area contributed by atoms with Crippen molar-refractivity contribution in [3.63, 3.8) is 0 Å². The smallest absolute Gasteiger partial charge is 0.234 e. The summed E-state index contributed by atoms with van der Waals surface area (Å²) < 4.78 is 25.8. The van der Waals surface area contributed by atoms with Gasteiger partial charge in [0.05, 0.1) is 11.4 Å². The van der Waals surface area contributed by atoms with Gasteiger partial charge in [-0.1, -0.05) is 18.2 Å². The van der Waals surface area contributed by atoms with E-state index in [1.807, 2.05) is 38.4 Å². The Morgan fingerprint density at radius 3 is 2.61 bits per heavy atom. The molecule has 0 saturated heterocycles. The third-order valence-corrected chi connectivity index (χ3v) is 5.27. The highest BCUT2D eigenvalue weighted by atomic mass is 32.2. The summed E-state index contributed by atoms with van der Waals surface area (Å²) in [4.78, 5) is 2.15. The van der Waals surface area contributed by atoms with Crippen LogP contribution in [0.3, 0.4) is 0 Å². The average Bonchev–Trinajstić information content (AvgIpc) is 2.37. The van der Waals surface area contributed by atoms with Gasteiger partial charge in [0.25, 0.3) is 0 Å². The van der Waals surface area contributed by atoms with E-state index in [-0.39, 0.29) is 5.75 Å². The van der Waals surface area contributed by atoms with Crippen molar-refractivity contribution in [3.05, 3.63) is 29.8 Å². The van der Waals surface area contributed by atoms with Gasteiger partial charge >= 0.3 is 0 Å². The number of para-hydroxylation sites is 1. The lowest BCUT2D eigenvalue weighted by Crippen LogP contribution is -2.40. The summed E-state index contributed by atoms with van der Waals surface area (Å²) >= 11 is 0. The second-order valence-electron chi connectivity index (χ2n) is 4.80. The first-order valence-electron chi connectivity index (χ1n) is 6.23. The van der Waals surface area contributed by atoms with Gasteiger partial charge in [-0.2, -0.15) is 0 Å². The number of benzene rings is 1. The van der Waals surface area contributed by atoms with Crippen LogP contribution >= 0.6 is 0 Å². The Kier molecular flexibility index (Phi) is 3.64. The Hall–Kier alpha value is -1.07. The predicted octanol–water partition coefficient (Wildman–Crippen LogP) is 1.85. The average molecular weight is 268 g/mol. The summed E-state index contributed by atoms with van der Waals surface area (Å²) in [5.74, 6) is 0.147. The summed E-state index contributed by atoms with van der Waals surface area (Å²) in [6.07, 6.45) is 0.837. The van der Waals surface area contributed by atoms with E-state index in [9.17, 15) is 8.42 Å². The van der Waals surface area contributed by atoms with Crippen molar-refractivity contribution < 1.29 is 8.42 Å². The highest BCUT2D eigenvalue weighted by Crippen LogP contribution is 2.37. The number of hydrogen-bond acceptors (Lipinski definition) is 3. The molecule has 1 aliphatic rings. The van der Waals surface area contributed by atoms with Crippen LogP contribution in [0.4, 0.5) is 5.69 Å². The Bertz CT molecular complexity index is 526. The van der Waals surface area contributed by atoms with Gasteiger partial charge in [0.1, 0.15) is 0 Å². The van der Waals surface area contributed by atoms with Crippen molar-refractivity contribution in [2.45, 2.75) is 19.4 Å². The van der Waals surface area contributed by atoms with Crippen LogP contribution in [0, 0.1) is 0 Å². The van der Waals surface area contributed by atoms with Crippen LogP contribution in [0.25, 0.3) is 0 Å². The van der Waals surface area contributed by atoms with Crippen LogP contribution in [0.1, 0.15) is 24.9 Å². The molecule has 1 aromatic rings. The molecule has 18 heavy (non-hydrogen) atoms. The van der Waals surface area contributed by atoms with E-state index in [4.69, 9.17) is 0 Å². The molecular weight excluding hydrogens is 248 g/mol. The molecule has 0 amide bonds. The van der Waals surface area contributed by atoms with Crippen LogP contribution in [0.15, 0.2) is 24.3 Å². The summed E-state index contributed by atoms with van der Waals surface area (Å²) in [6, 6.07) is 8.09. The normalized spacial score (nSPS) is 20.0. The minimum Gasteiger partial charge on any atom is -0.302 e. The maximum Gasteiger partial charge on any atom is 0.234 e. The van der Waals surface area contributed by atoms with Crippen LogP contribution in [0.2, 0.25) is 0 Å². The zero-order valence-electron chi connectivity index (χ0n) is 11.1. The van der Waals surface area contributed by atoms with Gasteiger partial charge in [0, 0.05) is 12.6 Å². The number of anilines is 1. The Morgan fingerprint density at radius 2 is 2.00 bits per heavy atom. The second-order valence-corrected chi connectivity index (χ2v) is 6.98. The number of hydrogen-bond donors (Lipinski definition) is 0. The Labute approximate surface area is 109 Å². The molecule has 0 radical (unpaired) electrons. The number of rotatable bonds is 3. The van der Waals surface area contributed by atoms with Gasteiger partial charge in [-0.15, -0.1) is 0 Å².